The second-order valence-corrected chi connectivity index (χ2v) is 5.58. The first-order valence-electron chi connectivity index (χ1n) is 6.40. The summed E-state index contributed by atoms with van der Waals surface area (Å²) in [6, 6.07) is 7.89. The van der Waals surface area contributed by atoms with Crippen LogP contribution in [0.5, 0.6) is 0 Å². The zero-order valence-electron chi connectivity index (χ0n) is 11.3. The molecule has 3 aromatic rings. The van der Waals surface area contributed by atoms with Crippen molar-refractivity contribution in [3.8, 4) is 0 Å². The third kappa shape index (κ3) is 2.72. The lowest BCUT2D eigenvalue weighted by molar-refractivity contribution is 0.0897. The maximum atomic E-state index is 13.2. The Morgan fingerprint density at radius 2 is 2.29 bits per heavy atom. The van der Waals surface area contributed by atoms with Gasteiger partial charge in [0.1, 0.15) is 11.9 Å². The summed E-state index contributed by atoms with van der Waals surface area (Å²) in [6.07, 6.45) is 1.23. The first-order valence-corrected chi connectivity index (χ1v) is 7.28. The molecule has 0 aliphatic carbocycles. The van der Waals surface area contributed by atoms with Crippen molar-refractivity contribution in [1.29, 1.82) is 0 Å². The summed E-state index contributed by atoms with van der Waals surface area (Å²) in [5.41, 5.74) is 0.167. The van der Waals surface area contributed by atoms with Gasteiger partial charge in [-0.3, -0.25) is 9.36 Å². The lowest BCUT2D eigenvalue weighted by atomic mass is 10.2. The van der Waals surface area contributed by atoms with Gasteiger partial charge < -0.3 is 4.74 Å². The summed E-state index contributed by atoms with van der Waals surface area (Å²) >= 11 is 1.58. The Balaban J connectivity index is 1.99. The van der Waals surface area contributed by atoms with Crippen LogP contribution < -0.4 is 5.56 Å². The van der Waals surface area contributed by atoms with Crippen LogP contribution in [0, 0.1) is 5.82 Å². The fraction of sp³-hybridized carbons (Fsp3) is 0.200. The van der Waals surface area contributed by atoms with Crippen LogP contribution in [-0.4, -0.2) is 16.7 Å². The van der Waals surface area contributed by atoms with Crippen LogP contribution in [0.4, 0.5) is 4.39 Å². The standard InChI is InChI=1S/C15H13FN2O2S/c1-20-13(14-3-2-6-21-14)8-18-9-17-12-7-10(16)4-5-11(12)15(18)19/h2-7,9,13H,8H2,1H3/t13-/m1/s1. The molecule has 0 saturated heterocycles. The van der Waals surface area contributed by atoms with Gasteiger partial charge in [0.25, 0.3) is 5.56 Å². The van der Waals surface area contributed by atoms with Crippen molar-refractivity contribution >= 4 is 22.2 Å². The molecule has 6 heteroatoms. The molecule has 108 valence electrons. The zero-order chi connectivity index (χ0) is 14.8. The van der Waals surface area contributed by atoms with Gasteiger partial charge in [-0.25, -0.2) is 9.37 Å². The predicted molar refractivity (Wildman–Crippen MR) is 80.0 cm³/mol. The van der Waals surface area contributed by atoms with Crippen LogP contribution in [0.1, 0.15) is 11.0 Å². The van der Waals surface area contributed by atoms with E-state index < -0.39 is 5.82 Å². The minimum Gasteiger partial charge on any atom is -0.374 e. The number of nitrogens with zero attached hydrogens (tertiary/aromatic N) is 2. The van der Waals surface area contributed by atoms with E-state index in [1.807, 2.05) is 17.5 Å². The average molecular weight is 304 g/mol. The highest BCUT2D eigenvalue weighted by molar-refractivity contribution is 7.10. The molecule has 21 heavy (non-hydrogen) atoms. The van der Waals surface area contributed by atoms with Crippen LogP contribution in [0.2, 0.25) is 0 Å². The molecule has 2 aromatic heterocycles. The van der Waals surface area contributed by atoms with Gasteiger partial charge in [0.05, 0.1) is 23.8 Å². The second kappa shape index (κ2) is 5.75. The molecular formula is C15H13FN2O2S. The zero-order valence-corrected chi connectivity index (χ0v) is 12.1. The molecule has 0 saturated carbocycles. The van der Waals surface area contributed by atoms with E-state index in [2.05, 4.69) is 4.98 Å². The highest BCUT2D eigenvalue weighted by Gasteiger charge is 2.14. The first-order chi connectivity index (χ1) is 10.2. The molecule has 0 N–H and O–H groups in total. The molecule has 4 nitrogen and oxygen atoms in total. The van der Waals surface area contributed by atoms with Gasteiger partial charge >= 0.3 is 0 Å². The minimum atomic E-state index is -0.402. The van der Waals surface area contributed by atoms with E-state index in [0.29, 0.717) is 17.4 Å². The molecule has 0 amide bonds. The van der Waals surface area contributed by atoms with Gasteiger partial charge in [-0.05, 0) is 23.6 Å². The van der Waals surface area contributed by atoms with E-state index in [4.69, 9.17) is 4.74 Å². The van der Waals surface area contributed by atoms with Crippen molar-refractivity contribution in [3.05, 3.63) is 63.1 Å². The van der Waals surface area contributed by atoms with Crippen LogP contribution in [0.3, 0.4) is 0 Å². The fourth-order valence-electron chi connectivity index (χ4n) is 2.20. The van der Waals surface area contributed by atoms with Gasteiger partial charge in [-0.2, -0.15) is 0 Å². The van der Waals surface area contributed by atoms with Crippen molar-refractivity contribution in [2.24, 2.45) is 0 Å². The Bertz CT molecular complexity index is 814. The number of benzene rings is 1. The number of hydrogen-bond acceptors (Lipinski definition) is 4. The number of thiophene rings is 1. The predicted octanol–water partition coefficient (Wildman–Crippen LogP) is 2.98. The molecule has 0 aliphatic heterocycles. The summed E-state index contributed by atoms with van der Waals surface area (Å²) in [5.74, 6) is -0.402. The molecule has 0 spiro atoms. The van der Waals surface area contributed by atoms with E-state index in [1.54, 1.807) is 18.4 Å². The third-order valence-electron chi connectivity index (χ3n) is 3.29. The van der Waals surface area contributed by atoms with E-state index in [1.165, 1.54) is 29.1 Å². The van der Waals surface area contributed by atoms with Crippen molar-refractivity contribution in [1.82, 2.24) is 9.55 Å². The SMILES string of the molecule is CO[C@H](Cn1cnc2cc(F)ccc2c1=O)c1cccs1. The molecule has 0 bridgehead atoms. The molecule has 0 radical (unpaired) electrons. The number of hydrogen-bond donors (Lipinski definition) is 0. The molecule has 3 rings (SSSR count). The van der Waals surface area contributed by atoms with E-state index in [9.17, 15) is 9.18 Å². The summed E-state index contributed by atoms with van der Waals surface area (Å²) in [4.78, 5) is 17.6. The number of fused-ring (bicyclic) bond motifs is 1. The van der Waals surface area contributed by atoms with Crippen molar-refractivity contribution in [3.63, 3.8) is 0 Å². The normalized spacial score (nSPS) is 12.7. The van der Waals surface area contributed by atoms with Gasteiger partial charge in [-0.15, -0.1) is 11.3 Å². The van der Waals surface area contributed by atoms with Crippen LogP contribution >= 0.6 is 11.3 Å². The van der Waals surface area contributed by atoms with E-state index in [0.717, 1.165) is 4.88 Å². The quantitative estimate of drug-likeness (QED) is 0.744. The Morgan fingerprint density at radius 1 is 1.43 bits per heavy atom. The first kappa shape index (κ1) is 13.9. The molecule has 1 atom stereocenters. The molecular weight excluding hydrogens is 291 g/mol. The Hall–Kier alpha value is -2.05. The van der Waals surface area contributed by atoms with Gasteiger partial charge in [0, 0.05) is 18.1 Å². The van der Waals surface area contributed by atoms with Crippen LogP contribution in [0.15, 0.2) is 46.8 Å². The summed E-state index contributed by atoms with van der Waals surface area (Å²) < 4.78 is 20.1. The van der Waals surface area contributed by atoms with Crippen molar-refractivity contribution in [2.45, 2.75) is 12.6 Å². The second-order valence-electron chi connectivity index (χ2n) is 4.60. The lowest BCUT2D eigenvalue weighted by Crippen LogP contribution is -2.24. The maximum Gasteiger partial charge on any atom is 0.261 e. The number of aromatic nitrogens is 2. The van der Waals surface area contributed by atoms with E-state index in [-0.39, 0.29) is 11.7 Å². The molecule has 0 fully saturated rings. The number of methoxy groups -OCH3 is 1. The van der Waals surface area contributed by atoms with Gasteiger partial charge in [0.2, 0.25) is 0 Å². The van der Waals surface area contributed by atoms with Gasteiger partial charge in [-0.1, -0.05) is 6.07 Å². The number of rotatable bonds is 4. The highest BCUT2D eigenvalue weighted by Crippen LogP contribution is 2.23. The summed E-state index contributed by atoms with van der Waals surface area (Å²) in [5, 5.41) is 2.37. The average Bonchev–Trinajstić information content (AvgIpc) is 3.00. The minimum absolute atomic E-state index is 0.196. The monoisotopic (exact) mass is 304 g/mol. The lowest BCUT2D eigenvalue weighted by Gasteiger charge is -2.15. The Kier molecular flexibility index (Phi) is 3.81. The third-order valence-corrected chi connectivity index (χ3v) is 4.26. The van der Waals surface area contributed by atoms with Gasteiger partial charge in [0.15, 0.2) is 0 Å². The smallest absolute Gasteiger partial charge is 0.261 e. The summed E-state index contributed by atoms with van der Waals surface area (Å²) in [6.45, 7) is 0.371. The molecule has 2 heterocycles. The Labute approximate surface area is 124 Å². The van der Waals surface area contributed by atoms with Crippen molar-refractivity contribution in [2.75, 3.05) is 7.11 Å². The largest absolute Gasteiger partial charge is 0.374 e. The molecule has 0 aliphatic rings. The van der Waals surface area contributed by atoms with Crippen LogP contribution in [0.25, 0.3) is 10.9 Å². The van der Waals surface area contributed by atoms with Crippen LogP contribution in [-0.2, 0) is 11.3 Å². The summed E-state index contributed by atoms with van der Waals surface area (Å²) in [7, 11) is 1.61. The molecule has 0 unspecified atom stereocenters. The van der Waals surface area contributed by atoms with Crippen molar-refractivity contribution < 1.29 is 9.13 Å². The number of ether oxygens (including phenoxy) is 1. The maximum absolute atomic E-state index is 13.2. The topological polar surface area (TPSA) is 44.1 Å². The Morgan fingerprint density at radius 3 is 3.00 bits per heavy atom. The highest BCUT2D eigenvalue weighted by atomic mass is 32.1. The fourth-order valence-corrected chi connectivity index (χ4v) is 2.99. The number of halogens is 1. The van der Waals surface area contributed by atoms with E-state index >= 15 is 0 Å². The molecule has 1 aromatic carbocycles.